The molecule has 3 nitrogen and oxygen atoms in total. The van der Waals surface area contributed by atoms with Gasteiger partial charge in [0.2, 0.25) is 0 Å². The first kappa shape index (κ1) is 21.4. The first-order valence-electron chi connectivity index (χ1n) is 9.13. The molecule has 0 radical (unpaired) electrons. The number of aryl methyl sites for hydroxylation is 2. The van der Waals surface area contributed by atoms with Crippen LogP contribution < -0.4 is 4.74 Å². The second kappa shape index (κ2) is 8.61. The molecule has 0 atom stereocenters. The monoisotopic (exact) mass is 468 g/mol. The van der Waals surface area contributed by atoms with Crippen molar-refractivity contribution >= 4 is 27.5 Å². The summed E-state index contributed by atoms with van der Waals surface area (Å²) < 4.78 is 48.9. The molecule has 2 aromatic rings. The minimum absolute atomic E-state index is 0.0283. The molecule has 29 heavy (non-hydrogen) atoms. The average molecular weight is 469 g/mol. The molecule has 0 saturated heterocycles. The standard InChI is InChI=1S/C22H20BrF3O3/c1-13-8-20(19(24)9-15(13)4-7-21(27)28)29-12-16-10-22(25,26)11-18(16)14-2-5-17(23)6-3-14/h2-3,5-6,8-9H,4,7,10-12H2,1H3,(H,27,28). The highest BCUT2D eigenvalue weighted by molar-refractivity contribution is 9.10. The molecule has 0 aromatic heterocycles. The van der Waals surface area contributed by atoms with Crippen LogP contribution in [0.25, 0.3) is 5.57 Å². The average Bonchev–Trinajstić information content (AvgIpc) is 2.96. The molecule has 0 fully saturated rings. The summed E-state index contributed by atoms with van der Waals surface area (Å²) in [5.74, 6) is -4.47. The fourth-order valence-corrected chi connectivity index (χ4v) is 3.71. The third-order valence-corrected chi connectivity index (χ3v) is 5.46. The molecule has 1 N–H and O–H groups in total. The molecule has 154 valence electrons. The van der Waals surface area contributed by atoms with Crippen molar-refractivity contribution < 1.29 is 27.8 Å². The number of hydrogen-bond donors (Lipinski definition) is 1. The van der Waals surface area contributed by atoms with Crippen molar-refractivity contribution in [1.82, 2.24) is 0 Å². The lowest BCUT2D eigenvalue weighted by molar-refractivity contribution is -0.136. The molecular formula is C22H20BrF3O3. The largest absolute Gasteiger partial charge is 0.486 e. The third-order valence-electron chi connectivity index (χ3n) is 4.93. The maximum absolute atomic E-state index is 14.4. The predicted octanol–water partition coefficient (Wildman–Crippen LogP) is 6.18. The zero-order chi connectivity index (χ0) is 21.2. The predicted molar refractivity (Wildman–Crippen MR) is 108 cm³/mol. The molecule has 0 aliphatic heterocycles. The summed E-state index contributed by atoms with van der Waals surface area (Å²) in [6.07, 6.45) is -0.679. The number of carbonyl (C=O) groups is 1. The van der Waals surface area contributed by atoms with Crippen molar-refractivity contribution in [3.8, 4) is 5.75 Å². The van der Waals surface area contributed by atoms with Crippen LogP contribution in [0, 0.1) is 12.7 Å². The molecule has 0 amide bonds. The number of rotatable bonds is 7. The summed E-state index contributed by atoms with van der Waals surface area (Å²) in [6.45, 7) is 1.60. The molecule has 0 heterocycles. The van der Waals surface area contributed by atoms with E-state index in [-0.39, 0.29) is 31.6 Å². The van der Waals surface area contributed by atoms with Gasteiger partial charge in [-0.1, -0.05) is 28.1 Å². The zero-order valence-corrected chi connectivity index (χ0v) is 17.4. The summed E-state index contributed by atoms with van der Waals surface area (Å²) in [6, 6.07) is 9.85. The lowest BCUT2D eigenvalue weighted by Gasteiger charge is -2.13. The molecule has 2 aromatic carbocycles. The van der Waals surface area contributed by atoms with E-state index in [1.54, 1.807) is 31.2 Å². The van der Waals surface area contributed by atoms with E-state index in [4.69, 9.17) is 9.84 Å². The summed E-state index contributed by atoms with van der Waals surface area (Å²) in [7, 11) is 0. The van der Waals surface area contributed by atoms with Gasteiger partial charge in [-0.25, -0.2) is 13.2 Å². The van der Waals surface area contributed by atoms with E-state index in [1.165, 1.54) is 12.1 Å². The van der Waals surface area contributed by atoms with Gasteiger partial charge >= 0.3 is 5.97 Å². The summed E-state index contributed by atoms with van der Waals surface area (Å²) in [5.41, 5.74) is 2.95. The quantitative estimate of drug-likeness (QED) is 0.527. The van der Waals surface area contributed by atoms with Crippen LogP contribution in [-0.2, 0) is 11.2 Å². The van der Waals surface area contributed by atoms with Gasteiger partial charge in [-0.3, -0.25) is 4.79 Å². The Morgan fingerprint density at radius 2 is 1.90 bits per heavy atom. The van der Waals surface area contributed by atoms with Crippen LogP contribution >= 0.6 is 15.9 Å². The van der Waals surface area contributed by atoms with E-state index >= 15 is 0 Å². The van der Waals surface area contributed by atoms with E-state index in [2.05, 4.69) is 15.9 Å². The Morgan fingerprint density at radius 1 is 1.21 bits per heavy atom. The number of halogens is 4. The minimum Gasteiger partial charge on any atom is -0.486 e. The van der Waals surface area contributed by atoms with Gasteiger partial charge < -0.3 is 9.84 Å². The van der Waals surface area contributed by atoms with Gasteiger partial charge in [0.05, 0.1) is 0 Å². The normalized spacial score (nSPS) is 15.6. The highest BCUT2D eigenvalue weighted by Gasteiger charge is 2.39. The van der Waals surface area contributed by atoms with E-state index < -0.39 is 24.1 Å². The van der Waals surface area contributed by atoms with Crippen molar-refractivity contribution in [3.05, 3.63) is 69.0 Å². The van der Waals surface area contributed by atoms with Crippen molar-refractivity contribution in [2.45, 2.75) is 38.5 Å². The molecule has 1 aliphatic carbocycles. The number of benzene rings is 2. The van der Waals surface area contributed by atoms with Gasteiger partial charge in [-0.15, -0.1) is 0 Å². The first-order valence-corrected chi connectivity index (χ1v) is 9.92. The van der Waals surface area contributed by atoms with Crippen molar-refractivity contribution in [2.75, 3.05) is 6.61 Å². The Morgan fingerprint density at radius 3 is 2.55 bits per heavy atom. The molecule has 0 unspecified atom stereocenters. The van der Waals surface area contributed by atoms with Crippen LogP contribution in [0.4, 0.5) is 13.2 Å². The number of ether oxygens (including phenoxy) is 1. The molecule has 1 aliphatic rings. The van der Waals surface area contributed by atoms with Crippen molar-refractivity contribution in [3.63, 3.8) is 0 Å². The Hall–Kier alpha value is -2.28. The van der Waals surface area contributed by atoms with Crippen LogP contribution in [0.3, 0.4) is 0 Å². The maximum Gasteiger partial charge on any atom is 0.303 e. The van der Waals surface area contributed by atoms with Crippen molar-refractivity contribution in [1.29, 1.82) is 0 Å². The van der Waals surface area contributed by atoms with Gasteiger partial charge in [-0.05, 0) is 65.4 Å². The number of aliphatic carboxylic acids is 1. The summed E-state index contributed by atoms with van der Waals surface area (Å²) in [5, 5.41) is 8.78. The van der Waals surface area contributed by atoms with E-state index in [0.717, 1.165) is 4.47 Å². The fourth-order valence-electron chi connectivity index (χ4n) is 3.44. The van der Waals surface area contributed by atoms with Gasteiger partial charge in [0, 0.05) is 23.7 Å². The Kier molecular flexibility index (Phi) is 6.36. The first-order chi connectivity index (χ1) is 13.6. The number of allylic oxidation sites excluding steroid dienone is 1. The van der Waals surface area contributed by atoms with Gasteiger partial charge in [-0.2, -0.15) is 0 Å². The molecular weight excluding hydrogens is 449 g/mol. The zero-order valence-electron chi connectivity index (χ0n) is 15.8. The van der Waals surface area contributed by atoms with Gasteiger partial charge in [0.15, 0.2) is 11.6 Å². The Balaban J connectivity index is 1.79. The Labute approximate surface area is 175 Å². The molecule has 7 heteroatoms. The smallest absolute Gasteiger partial charge is 0.303 e. The minimum atomic E-state index is -2.85. The fraction of sp³-hybridized carbons (Fsp3) is 0.318. The summed E-state index contributed by atoms with van der Waals surface area (Å²) in [4.78, 5) is 10.7. The highest BCUT2D eigenvalue weighted by Crippen LogP contribution is 2.44. The number of carboxylic acids is 1. The highest BCUT2D eigenvalue weighted by atomic mass is 79.9. The van der Waals surface area contributed by atoms with Crippen LogP contribution in [0.15, 0.2) is 46.4 Å². The third kappa shape index (κ3) is 5.41. The van der Waals surface area contributed by atoms with Crippen molar-refractivity contribution in [2.24, 2.45) is 0 Å². The van der Waals surface area contributed by atoms with Crippen LogP contribution in [0.2, 0.25) is 0 Å². The topological polar surface area (TPSA) is 46.5 Å². The molecule has 3 rings (SSSR count). The summed E-state index contributed by atoms with van der Waals surface area (Å²) >= 11 is 3.33. The molecule has 0 spiro atoms. The lowest BCUT2D eigenvalue weighted by Crippen LogP contribution is -2.12. The van der Waals surface area contributed by atoms with E-state index in [9.17, 15) is 18.0 Å². The molecule has 0 saturated carbocycles. The van der Waals surface area contributed by atoms with Crippen LogP contribution in [-0.4, -0.2) is 23.6 Å². The lowest BCUT2D eigenvalue weighted by atomic mass is 10.0. The number of alkyl halides is 2. The number of hydrogen-bond acceptors (Lipinski definition) is 2. The van der Waals surface area contributed by atoms with Gasteiger partial charge in [0.1, 0.15) is 6.61 Å². The van der Waals surface area contributed by atoms with Crippen LogP contribution in [0.1, 0.15) is 36.0 Å². The van der Waals surface area contributed by atoms with Crippen LogP contribution in [0.5, 0.6) is 5.75 Å². The van der Waals surface area contributed by atoms with Gasteiger partial charge in [0.25, 0.3) is 5.92 Å². The maximum atomic E-state index is 14.4. The second-order valence-corrected chi connectivity index (χ2v) is 8.11. The SMILES string of the molecule is Cc1cc(OCC2=C(c3ccc(Br)cc3)CC(F)(F)C2)c(F)cc1CCC(=O)O. The molecule has 0 bridgehead atoms. The second-order valence-electron chi connectivity index (χ2n) is 7.19. The van der Waals surface area contributed by atoms with E-state index in [1.807, 2.05) is 0 Å². The van der Waals surface area contributed by atoms with E-state index in [0.29, 0.717) is 27.8 Å². The Bertz CT molecular complexity index is 953. The number of carboxylic acid groups (broad SMARTS) is 1.